The fraction of sp³-hybridized carbons (Fsp3) is 0.267. The summed E-state index contributed by atoms with van der Waals surface area (Å²) >= 11 is 1.12. The van der Waals surface area contributed by atoms with E-state index in [9.17, 15) is 26.3 Å². The van der Waals surface area contributed by atoms with Crippen molar-refractivity contribution in [2.45, 2.75) is 24.2 Å². The summed E-state index contributed by atoms with van der Waals surface area (Å²) in [6.07, 6.45) is -7.81. The second-order valence-electron chi connectivity index (χ2n) is 5.18. The normalized spacial score (nSPS) is 12.7. The van der Waals surface area contributed by atoms with Crippen LogP contribution in [-0.2, 0) is 12.4 Å². The lowest BCUT2D eigenvalue weighted by Gasteiger charge is -2.10. The van der Waals surface area contributed by atoms with Crippen molar-refractivity contribution >= 4 is 22.9 Å². The van der Waals surface area contributed by atoms with Gasteiger partial charge >= 0.3 is 12.4 Å². The van der Waals surface area contributed by atoms with E-state index in [1.807, 2.05) is 0 Å². The van der Waals surface area contributed by atoms with Gasteiger partial charge in [0, 0.05) is 17.3 Å². The number of H-pyrrole nitrogens is 1. The molecule has 0 aliphatic heterocycles. The minimum absolute atomic E-state index is 0.0159. The van der Waals surface area contributed by atoms with Crippen LogP contribution in [0.25, 0.3) is 22.7 Å². The van der Waals surface area contributed by atoms with Crippen molar-refractivity contribution in [1.29, 1.82) is 0 Å². The number of rotatable bonds is 3. The molecule has 0 saturated carbocycles. The van der Waals surface area contributed by atoms with E-state index < -0.39 is 23.5 Å². The molecule has 0 aliphatic carbocycles. The SMILES string of the molecule is CCSc1cc(C(F)(F)F)cnc1-c1nc2ncc(C(F)(F)F)cc2[nH]1. The molecule has 11 heteroatoms. The number of aromatic nitrogens is 4. The Morgan fingerprint density at radius 2 is 1.58 bits per heavy atom. The molecule has 0 aliphatic rings. The summed E-state index contributed by atoms with van der Waals surface area (Å²) in [4.78, 5) is 14.4. The summed E-state index contributed by atoms with van der Waals surface area (Å²) in [5, 5.41) is 0. The van der Waals surface area contributed by atoms with Crippen LogP contribution in [0.2, 0.25) is 0 Å². The average Bonchev–Trinajstić information content (AvgIpc) is 2.96. The van der Waals surface area contributed by atoms with E-state index in [4.69, 9.17) is 0 Å². The zero-order chi connectivity index (χ0) is 19.1. The quantitative estimate of drug-likeness (QED) is 0.494. The number of nitrogens with one attached hydrogen (secondary N) is 1. The van der Waals surface area contributed by atoms with Crippen molar-refractivity contribution in [1.82, 2.24) is 19.9 Å². The van der Waals surface area contributed by atoms with E-state index in [2.05, 4.69) is 19.9 Å². The van der Waals surface area contributed by atoms with Gasteiger partial charge in [-0.05, 0) is 17.9 Å². The van der Waals surface area contributed by atoms with Crippen molar-refractivity contribution in [2.75, 3.05) is 5.75 Å². The summed E-state index contributed by atoms with van der Waals surface area (Å²) in [6, 6.07) is 1.79. The standard InChI is InChI=1S/C15H10F6N4S/c1-2-26-10-4-8(15(19,20)21)5-22-11(10)13-24-9-3-7(14(16,17)18)6-23-12(9)25-13/h3-6H,2H2,1H3,(H,23,24,25). The monoisotopic (exact) mass is 392 g/mol. The number of hydrogen-bond acceptors (Lipinski definition) is 4. The average molecular weight is 392 g/mol. The second kappa shape index (κ2) is 6.45. The van der Waals surface area contributed by atoms with Gasteiger partial charge in [0.1, 0.15) is 5.69 Å². The molecule has 0 spiro atoms. The first kappa shape index (κ1) is 18.5. The fourth-order valence-electron chi connectivity index (χ4n) is 2.21. The lowest BCUT2D eigenvalue weighted by molar-refractivity contribution is -0.138. The number of nitrogens with zero attached hydrogens (tertiary/aromatic N) is 3. The Kier molecular flexibility index (Phi) is 4.59. The molecule has 0 bridgehead atoms. The number of alkyl halides is 6. The Morgan fingerprint density at radius 1 is 0.962 bits per heavy atom. The predicted octanol–water partition coefficient (Wildman–Crippen LogP) is 5.17. The maximum absolute atomic E-state index is 12.9. The molecule has 0 aromatic carbocycles. The molecular weight excluding hydrogens is 382 g/mol. The van der Waals surface area contributed by atoms with Crippen LogP contribution < -0.4 is 0 Å². The summed E-state index contributed by atoms with van der Waals surface area (Å²) in [5.74, 6) is 0.531. The molecule has 0 amide bonds. The Balaban J connectivity index is 2.10. The zero-order valence-corrected chi connectivity index (χ0v) is 13.9. The number of fused-ring (bicyclic) bond motifs is 1. The third-order valence-corrected chi connectivity index (χ3v) is 4.28. The topological polar surface area (TPSA) is 54.5 Å². The highest BCUT2D eigenvalue weighted by atomic mass is 32.2. The molecule has 3 rings (SSSR count). The highest BCUT2D eigenvalue weighted by molar-refractivity contribution is 7.99. The molecule has 3 aromatic heterocycles. The highest BCUT2D eigenvalue weighted by Crippen LogP contribution is 2.36. The molecule has 0 radical (unpaired) electrons. The molecule has 26 heavy (non-hydrogen) atoms. The van der Waals surface area contributed by atoms with Gasteiger partial charge in [0.15, 0.2) is 11.5 Å². The number of pyridine rings is 2. The first-order valence-electron chi connectivity index (χ1n) is 7.23. The second-order valence-corrected chi connectivity index (χ2v) is 6.49. The van der Waals surface area contributed by atoms with Crippen molar-refractivity contribution < 1.29 is 26.3 Å². The number of hydrogen-bond donors (Lipinski definition) is 1. The molecule has 3 heterocycles. The summed E-state index contributed by atoms with van der Waals surface area (Å²) in [7, 11) is 0. The molecule has 4 nitrogen and oxygen atoms in total. The van der Waals surface area contributed by atoms with Gasteiger partial charge in [0.2, 0.25) is 0 Å². The van der Waals surface area contributed by atoms with Crippen LogP contribution in [0.5, 0.6) is 0 Å². The molecule has 0 saturated heterocycles. The minimum atomic E-state index is -4.57. The van der Waals surface area contributed by atoms with Gasteiger partial charge in [-0.2, -0.15) is 26.3 Å². The lowest BCUT2D eigenvalue weighted by Crippen LogP contribution is -2.06. The van der Waals surface area contributed by atoms with Gasteiger partial charge in [-0.25, -0.2) is 9.97 Å². The maximum Gasteiger partial charge on any atom is 0.417 e. The third kappa shape index (κ3) is 3.62. The van der Waals surface area contributed by atoms with Crippen molar-refractivity contribution in [3.63, 3.8) is 0 Å². The number of thioether (sulfide) groups is 1. The molecule has 0 fully saturated rings. The predicted molar refractivity (Wildman–Crippen MR) is 83.5 cm³/mol. The third-order valence-electron chi connectivity index (χ3n) is 3.37. The van der Waals surface area contributed by atoms with Gasteiger partial charge in [0.25, 0.3) is 0 Å². The largest absolute Gasteiger partial charge is 0.417 e. The Morgan fingerprint density at radius 3 is 2.19 bits per heavy atom. The minimum Gasteiger partial charge on any atom is -0.335 e. The van der Waals surface area contributed by atoms with Crippen LogP contribution in [0.3, 0.4) is 0 Å². The number of halogens is 6. The first-order valence-corrected chi connectivity index (χ1v) is 8.21. The lowest BCUT2D eigenvalue weighted by atomic mass is 10.2. The fourth-order valence-corrected chi connectivity index (χ4v) is 3.02. The molecule has 3 aromatic rings. The number of aromatic amines is 1. The first-order chi connectivity index (χ1) is 12.1. The van der Waals surface area contributed by atoms with E-state index in [0.717, 1.165) is 23.9 Å². The van der Waals surface area contributed by atoms with E-state index >= 15 is 0 Å². The van der Waals surface area contributed by atoms with Gasteiger partial charge in [-0.3, -0.25) is 4.98 Å². The van der Waals surface area contributed by atoms with Crippen molar-refractivity contribution in [3.05, 3.63) is 35.7 Å². The zero-order valence-electron chi connectivity index (χ0n) is 13.0. The van der Waals surface area contributed by atoms with E-state index in [0.29, 0.717) is 18.1 Å². The van der Waals surface area contributed by atoms with Gasteiger partial charge in [-0.1, -0.05) is 6.92 Å². The highest BCUT2D eigenvalue weighted by Gasteiger charge is 2.33. The van der Waals surface area contributed by atoms with Crippen LogP contribution in [0.4, 0.5) is 26.3 Å². The van der Waals surface area contributed by atoms with Crippen LogP contribution in [0, 0.1) is 0 Å². The Hall–Kier alpha value is -2.30. The molecular formula is C15H10F6N4S. The van der Waals surface area contributed by atoms with Crippen LogP contribution >= 0.6 is 11.8 Å². The van der Waals surface area contributed by atoms with Crippen molar-refractivity contribution in [2.24, 2.45) is 0 Å². The van der Waals surface area contributed by atoms with Crippen LogP contribution in [0.1, 0.15) is 18.1 Å². The van der Waals surface area contributed by atoms with Gasteiger partial charge in [-0.15, -0.1) is 11.8 Å². The summed E-state index contributed by atoms with van der Waals surface area (Å²) < 4.78 is 76.9. The molecule has 1 N–H and O–H groups in total. The van der Waals surface area contributed by atoms with Gasteiger partial charge < -0.3 is 4.98 Å². The Labute approximate surface area is 147 Å². The Bertz CT molecular complexity index is 947. The van der Waals surface area contributed by atoms with Gasteiger partial charge in [0.05, 0.1) is 16.6 Å². The summed E-state index contributed by atoms with van der Waals surface area (Å²) in [6.45, 7) is 1.75. The molecule has 138 valence electrons. The molecule has 0 unspecified atom stereocenters. The maximum atomic E-state index is 12.9. The number of imidazole rings is 1. The van der Waals surface area contributed by atoms with Crippen LogP contribution in [0.15, 0.2) is 29.4 Å². The van der Waals surface area contributed by atoms with E-state index in [1.54, 1.807) is 6.92 Å². The smallest absolute Gasteiger partial charge is 0.335 e. The van der Waals surface area contributed by atoms with Crippen molar-refractivity contribution in [3.8, 4) is 11.5 Å². The van der Waals surface area contributed by atoms with E-state index in [-0.39, 0.29) is 27.6 Å². The molecule has 0 atom stereocenters. The van der Waals surface area contributed by atoms with Crippen LogP contribution in [-0.4, -0.2) is 25.7 Å². The van der Waals surface area contributed by atoms with E-state index in [1.165, 1.54) is 0 Å². The summed E-state index contributed by atoms with van der Waals surface area (Å²) in [5.41, 5.74) is -1.71.